The zero-order valence-electron chi connectivity index (χ0n) is 63.0. The Labute approximate surface area is 588 Å². The van der Waals surface area contributed by atoms with Crippen molar-refractivity contribution in [2.24, 2.45) is 23.7 Å². The van der Waals surface area contributed by atoms with E-state index in [0.717, 1.165) is 120 Å². The molecular weight excluding hydrogens is 1260 g/mol. The molecule has 0 saturated carbocycles. The molecule has 0 aliphatic carbocycles. The maximum Gasteiger partial charge on any atom is 0.472 e. The summed E-state index contributed by atoms with van der Waals surface area (Å²) < 4.78 is 68.6. The van der Waals surface area contributed by atoms with Crippen LogP contribution in [0, 0.1) is 23.7 Å². The lowest BCUT2D eigenvalue weighted by atomic mass is 9.99. The zero-order chi connectivity index (χ0) is 71.0. The normalized spacial score (nSPS) is 14.7. The van der Waals surface area contributed by atoms with Crippen LogP contribution in [0.15, 0.2) is 0 Å². The van der Waals surface area contributed by atoms with Gasteiger partial charge in [-0.1, -0.05) is 338 Å². The van der Waals surface area contributed by atoms with E-state index in [1.165, 1.54) is 186 Å². The van der Waals surface area contributed by atoms with Gasteiger partial charge >= 0.3 is 39.5 Å². The number of rotatable bonds is 74. The second kappa shape index (κ2) is 66.3. The number of phosphoric acid groups is 2. The fourth-order valence-electron chi connectivity index (χ4n) is 11.7. The van der Waals surface area contributed by atoms with Crippen LogP contribution in [0.25, 0.3) is 0 Å². The topological polar surface area (TPSA) is 237 Å². The number of unbranched alkanes of at least 4 members (excludes halogenated alkanes) is 38. The van der Waals surface area contributed by atoms with Gasteiger partial charge < -0.3 is 33.8 Å². The summed E-state index contributed by atoms with van der Waals surface area (Å²) in [5, 5.41) is 10.6. The van der Waals surface area contributed by atoms with E-state index in [-0.39, 0.29) is 25.7 Å². The van der Waals surface area contributed by atoms with Crippen LogP contribution in [0.4, 0.5) is 0 Å². The van der Waals surface area contributed by atoms with Gasteiger partial charge in [-0.15, -0.1) is 0 Å². The van der Waals surface area contributed by atoms with Gasteiger partial charge in [-0.3, -0.25) is 37.3 Å². The van der Waals surface area contributed by atoms with Crippen molar-refractivity contribution in [3.8, 4) is 0 Å². The van der Waals surface area contributed by atoms with Crippen molar-refractivity contribution in [1.29, 1.82) is 0 Å². The third-order valence-corrected chi connectivity index (χ3v) is 20.4. The van der Waals surface area contributed by atoms with Crippen molar-refractivity contribution in [3.05, 3.63) is 0 Å². The van der Waals surface area contributed by atoms with Crippen LogP contribution in [-0.4, -0.2) is 96.7 Å². The van der Waals surface area contributed by atoms with Crippen molar-refractivity contribution in [1.82, 2.24) is 0 Å². The quantitative estimate of drug-likeness (QED) is 0.0222. The number of aliphatic hydroxyl groups is 1. The molecule has 0 saturated heterocycles. The molecule has 19 heteroatoms. The number of carbonyl (C=O) groups excluding carboxylic acids is 4. The minimum absolute atomic E-state index is 0.105. The van der Waals surface area contributed by atoms with Crippen LogP contribution in [0.1, 0.15) is 389 Å². The molecule has 0 aliphatic heterocycles. The summed E-state index contributed by atoms with van der Waals surface area (Å²) in [7, 11) is -9.92. The van der Waals surface area contributed by atoms with Crippen molar-refractivity contribution < 1.29 is 80.2 Å². The number of phosphoric ester groups is 2. The monoisotopic (exact) mass is 1410 g/mol. The van der Waals surface area contributed by atoms with Gasteiger partial charge in [-0.25, -0.2) is 9.13 Å². The third-order valence-electron chi connectivity index (χ3n) is 18.5. The molecule has 0 aromatic heterocycles. The van der Waals surface area contributed by atoms with E-state index < -0.39 is 97.5 Å². The van der Waals surface area contributed by atoms with Crippen molar-refractivity contribution in [2.45, 2.75) is 408 Å². The average molecular weight is 1410 g/mol. The molecule has 0 heterocycles. The Balaban J connectivity index is 5.24. The number of aliphatic hydroxyl groups excluding tert-OH is 1. The highest BCUT2D eigenvalue weighted by atomic mass is 31.2. The first kappa shape index (κ1) is 94.1. The van der Waals surface area contributed by atoms with Crippen LogP contribution in [0.2, 0.25) is 0 Å². The Hall–Kier alpha value is -1.94. The first-order valence-corrected chi connectivity index (χ1v) is 42.8. The summed E-state index contributed by atoms with van der Waals surface area (Å²) in [5.41, 5.74) is 0. The lowest BCUT2D eigenvalue weighted by Crippen LogP contribution is -2.30. The Bertz CT molecular complexity index is 1890. The van der Waals surface area contributed by atoms with Crippen LogP contribution in [-0.2, 0) is 65.4 Å². The molecule has 0 spiro atoms. The van der Waals surface area contributed by atoms with Gasteiger partial charge in [0.1, 0.15) is 19.3 Å². The molecule has 4 unspecified atom stereocenters. The molecule has 3 N–H and O–H groups in total. The van der Waals surface area contributed by atoms with Crippen molar-refractivity contribution >= 4 is 39.5 Å². The molecule has 0 rings (SSSR count). The first-order chi connectivity index (χ1) is 46.2. The Morgan fingerprint density at radius 3 is 0.740 bits per heavy atom. The second-order valence-electron chi connectivity index (χ2n) is 29.2. The second-order valence-corrected chi connectivity index (χ2v) is 32.1. The molecule has 0 aliphatic rings. The Kier molecular flexibility index (Phi) is 65.0. The Morgan fingerprint density at radius 2 is 0.500 bits per heavy atom. The molecule has 0 fully saturated rings. The standard InChI is InChI=1S/C77H150O17P2/c1-9-69(7)55-47-39-31-25-18-13-11-12-14-20-27-33-43-51-59-76(81)94-73(64-88-75(80)58-50-42-36-35-40-48-56-70(8)10-2)66-92-96(85,86)90-62-71(78)61-89-95(83,84)91-65-72(93-77(82)60-52-44-34-28-22-21-24-30-38-46-54-68(5)6)63-87-74(79)57-49-41-32-26-19-16-15-17-23-29-37-45-53-67(3)4/h67-73,78H,9-66H2,1-8H3,(H,83,84)(H,85,86)/t69?,70?,71-,72-,73-/m1/s1. The predicted octanol–water partition coefficient (Wildman–Crippen LogP) is 22.4. The third kappa shape index (κ3) is 67.9. The first-order valence-electron chi connectivity index (χ1n) is 39.8. The number of esters is 4. The SMILES string of the molecule is CCC(C)CCCCCCCCCCCCCCCCC(=O)O[C@H](COC(=O)CCCCCCCCC(C)CC)COP(=O)(O)OC[C@H](O)COP(=O)(O)OC[C@@H](COC(=O)CCCCCCCCCCCCCCC(C)C)OC(=O)CCCCCCCCCCCCC(C)C. The smallest absolute Gasteiger partial charge is 0.462 e. The maximum atomic E-state index is 13.1. The van der Waals surface area contributed by atoms with Crippen LogP contribution < -0.4 is 0 Å². The van der Waals surface area contributed by atoms with Gasteiger partial charge in [0.25, 0.3) is 0 Å². The lowest BCUT2D eigenvalue weighted by molar-refractivity contribution is -0.161. The number of hydrogen-bond acceptors (Lipinski definition) is 15. The molecule has 17 nitrogen and oxygen atoms in total. The fraction of sp³-hybridized carbons (Fsp3) is 0.948. The maximum absolute atomic E-state index is 13.1. The molecule has 96 heavy (non-hydrogen) atoms. The molecule has 0 aromatic carbocycles. The number of ether oxygens (including phenoxy) is 4. The van der Waals surface area contributed by atoms with Gasteiger partial charge in [-0.2, -0.15) is 0 Å². The van der Waals surface area contributed by atoms with Gasteiger partial charge in [0.2, 0.25) is 0 Å². The number of hydrogen-bond donors (Lipinski definition) is 3. The molecule has 570 valence electrons. The van der Waals surface area contributed by atoms with Gasteiger partial charge in [0.15, 0.2) is 12.2 Å². The summed E-state index contributed by atoms with van der Waals surface area (Å²) in [6.07, 6.45) is 51.3. The van der Waals surface area contributed by atoms with E-state index in [4.69, 9.17) is 37.0 Å². The molecule has 0 aromatic rings. The van der Waals surface area contributed by atoms with Gasteiger partial charge in [-0.05, 0) is 49.4 Å². The van der Waals surface area contributed by atoms with Gasteiger partial charge in [0, 0.05) is 25.7 Å². The molecule has 0 amide bonds. The van der Waals surface area contributed by atoms with E-state index in [1.807, 2.05) is 0 Å². The highest BCUT2D eigenvalue weighted by molar-refractivity contribution is 7.47. The average Bonchev–Trinajstić information content (AvgIpc) is 2.53. The summed E-state index contributed by atoms with van der Waals surface area (Å²) >= 11 is 0. The number of carbonyl (C=O) groups is 4. The van der Waals surface area contributed by atoms with E-state index in [1.54, 1.807) is 0 Å². The predicted molar refractivity (Wildman–Crippen MR) is 391 cm³/mol. The highest BCUT2D eigenvalue weighted by Gasteiger charge is 2.30. The van der Waals surface area contributed by atoms with E-state index in [0.29, 0.717) is 25.7 Å². The largest absolute Gasteiger partial charge is 0.472 e. The van der Waals surface area contributed by atoms with Crippen LogP contribution in [0.5, 0.6) is 0 Å². The van der Waals surface area contributed by atoms with Crippen LogP contribution >= 0.6 is 15.6 Å². The summed E-state index contributed by atoms with van der Waals surface area (Å²) in [5.74, 6) is 0.990. The molecule has 0 bridgehead atoms. The van der Waals surface area contributed by atoms with Crippen LogP contribution in [0.3, 0.4) is 0 Å². The van der Waals surface area contributed by atoms with Crippen molar-refractivity contribution in [2.75, 3.05) is 39.6 Å². The minimum Gasteiger partial charge on any atom is -0.462 e. The Morgan fingerprint density at radius 1 is 0.292 bits per heavy atom. The van der Waals surface area contributed by atoms with E-state index in [2.05, 4.69) is 55.4 Å². The highest BCUT2D eigenvalue weighted by Crippen LogP contribution is 2.45. The van der Waals surface area contributed by atoms with Crippen molar-refractivity contribution in [3.63, 3.8) is 0 Å². The molecule has 0 radical (unpaired) electrons. The van der Waals surface area contributed by atoms with Gasteiger partial charge in [0.05, 0.1) is 26.4 Å². The zero-order valence-corrected chi connectivity index (χ0v) is 64.8. The van der Waals surface area contributed by atoms with E-state index in [9.17, 15) is 43.2 Å². The fourth-order valence-corrected chi connectivity index (χ4v) is 13.2. The summed E-state index contributed by atoms with van der Waals surface area (Å²) in [6, 6.07) is 0. The summed E-state index contributed by atoms with van der Waals surface area (Å²) in [6.45, 7) is 14.2. The molecular formula is C77H150O17P2. The summed E-state index contributed by atoms with van der Waals surface area (Å²) in [4.78, 5) is 72.9. The van der Waals surface area contributed by atoms with E-state index >= 15 is 0 Å². The lowest BCUT2D eigenvalue weighted by Gasteiger charge is -2.21. The minimum atomic E-state index is -4.96. The molecule has 7 atom stereocenters.